The first kappa shape index (κ1) is 15.2. The van der Waals surface area contributed by atoms with Crippen LogP contribution in [0.3, 0.4) is 0 Å². The maximum Gasteiger partial charge on any atom is 0.355 e. The fourth-order valence-corrected chi connectivity index (χ4v) is 2.80. The number of aromatic nitrogens is 1. The Kier molecular flexibility index (Phi) is 4.41. The molecule has 2 heterocycles. The minimum atomic E-state index is -1.10. The van der Waals surface area contributed by atoms with E-state index in [2.05, 4.69) is 15.6 Å². The fourth-order valence-electron chi connectivity index (χ4n) is 2.00. The third-order valence-corrected chi connectivity index (χ3v) is 4.22. The molecule has 0 aliphatic carbocycles. The fraction of sp³-hybridized carbons (Fsp3) is 0.500. The molecule has 0 aromatic carbocycles. The third kappa shape index (κ3) is 3.48. The van der Waals surface area contributed by atoms with E-state index in [4.69, 9.17) is 5.11 Å². The number of carboxylic acids is 1. The zero-order chi connectivity index (χ0) is 15.6. The van der Waals surface area contributed by atoms with Crippen molar-refractivity contribution in [2.45, 2.75) is 25.4 Å². The summed E-state index contributed by atoms with van der Waals surface area (Å²) in [5.74, 6) is -1.21. The molecular weight excluding hydrogens is 296 g/mol. The summed E-state index contributed by atoms with van der Waals surface area (Å²) in [6, 6.07) is -1.41. The number of nitrogens with one attached hydrogen (secondary N) is 2. The molecule has 8 nitrogen and oxygen atoms in total. The minimum Gasteiger partial charge on any atom is -0.476 e. The molecule has 9 heteroatoms. The standard InChI is InChI=1S/C12H16N4O4S/c1-6(9-14-8(5-21-9)11(18)19)13-12(20)15-7-3-4-16(2)10(7)17/h5-7H,3-4H2,1-2H3,(H,18,19)(H2,13,15,20). The highest BCUT2D eigenvalue weighted by molar-refractivity contribution is 7.09. The van der Waals surface area contributed by atoms with Gasteiger partial charge in [0.1, 0.15) is 11.0 Å². The lowest BCUT2D eigenvalue weighted by atomic mass is 10.2. The molecule has 0 saturated carbocycles. The topological polar surface area (TPSA) is 112 Å². The quantitative estimate of drug-likeness (QED) is 0.746. The lowest BCUT2D eigenvalue weighted by Gasteiger charge is -2.15. The summed E-state index contributed by atoms with van der Waals surface area (Å²) in [5, 5.41) is 16.0. The monoisotopic (exact) mass is 312 g/mol. The van der Waals surface area contributed by atoms with Crippen molar-refractivity contribution in [2.24, 2.45) is 0 Å². The molecule has 3 N–H and O–H groups in total. The Morgan fingerprint density at radius 1 is 1.57 bits per heavy atom. The van der Waals surface area contributed by atoms with Crippen molar-refractivity contribution in [2.75, 3.05) is 13.6 Å². The van der Waals surface area contributed by atoms with Crippen LogP contribution in [0.5, 0.6) is 0 Å². The molecule has 114 valence electrons. The number of likely N-dealkylation sites (N-methyl/N-ethyl adjacent to an activating group) is 1. The van der Waals surface area contributed by atoms with E-state index in [1.807, 2.05) is 0 Å². The molecule has 0 radical (unpaired) electrons. The van der Waals surface area contributed by atoms with Gasteiger partial charge >= 0.3 is 12.0 Å². The van der Waals surface area contributed by atoms with Gasteiger partial charge < -0.3 is 20.6 Å². The molecule has 2 rings (SSSR count). The Morgan fingerprint density at radius 2 is 2.29 bits per heavy atom. The summed E-state index contributed by atoms with van der Waals surface area (Å²) >= 11 is 1.16. The summed E-state index contributed by atoms with van der Waals surface area (Å²) in [5.41, 5.74) is -0.0448. The molecule has 0 spiro atoms. The average molecular weight is 312 g/mol. The second-order valence-corrected chi connectivity index (χ2v) is 5.71. The number of carbonyl (C=O) groups is 3. The smallest absolute Gasteiger partial charge is 0.355 e. The number of amides is 3. The summed E-state index contributed by atoms with van der Waals surface area (Å²) in [6.45, 7) is 2.32. The van der Waals surface area contributed by atoms with Crippen molar-refractivity contribution in [1.29, 1.82) is 0 Å². The Balaban J connectivity index is 1.89. The third-order valence-electron chi connectivity index (χ3n) is 3.19. The van der Waals surface area contributed by atoms with Gasteiger partial charge in [-0.3, -0.25) is 4.79 Å². The van der Waals surface area contributed by atoms with E-state index in [1.54, 1.807) is 18.9 Å². The number of thiazole rings is 1. The van der Waals surface area contributed by atoms with E-state index >= 15 is 0 Å². The highest BCUT2D eigenvalue weighted by Gasteiger charge is 2.30. The molecule has 1 aliphatic rings. The Labute approximate surface area is 125 Å². The van der Waals surface area contributed by atoms with E-state index in [1.165, 1.54) is 5.38 Å². The maximum absolute atomic E-state index is 11.8. The first-order valence-electron chi connectivity index (χ1n) is 6.39. The number of urea groups is 1. The maximum atomic E-state index is 11.8. The van der Waals surface area contributed by atoms with Crippen LogP contribution in [-0.2, 0) is 4.79 Å². The number of hydrogen-bond donors (Lipinski definition) is 3. The van der Waals surface area contributed by atoms with Crippen LogP contribution in [0.4, 0.5) is 4.79 Å². The van der Waals surface area contributed by atoms with Gasteiger partial charge in [-0.05, 0) is 13.3 Å². The number of likely N-dealkylation sites (tertiary alicyclic amines) is 1. The number of carbonyl (C=O) groups excluding carboxylic acids is 2. The van der Waals surface area contributed by atoms with E-state index in [9.17, 15) is 14.4 Å². The molecule has 1 fully saturated rings. The van der Waals surface area contributed by atoms with Crippen LogP contribution >= 0.6 is 11.3 Å². The minimum absolute atomic E-state index is 0.0448. The average Bonchev–Trinajstić information content (AvgIpc) is 3.01. The van der Waals surface area contributed by atoms with E-state index < -0.39 is 24.1 Å². The molecular formula is C12H16N4O4S. The molecule has 2 atom stereocenters. The van der Waals surface area contributed by atoms with Gasteiger partial charge in [-0.25, -0.2) is 14.6 Å². The van der Waals surface area contributed by atoms with Gasteiger partial charge in [0.2, 0.25) is 5.91 Å². The Bertz CT molecular complexity index is 573. The second kappa shape index (κ2) is 6.08. The zero-order valence-corrected chi connectivity index (χ0v) is 12.4. The molecule has 1 aliphatic heterocycles. The van der Waals surface area contributed by atoms with Crippen LogP contribution in [-0.4, -0.2) is 52.5 Å². The zero-order valence-electron chi connectivity index (χ0n) is 11.6. The van der Waals surface area contributed by atoms with Crippen LogP contribution in [0.1, 0.15) is 34.9 Å². The van der Waals surface area contributed by atoms with Crippen LogP contribution in [0.15, 0.2) is 5.38 Å². The number of aromatic carboxylic acids is 1. The lowest BCUT2D eigenvalue weighted by Crippen LogP contribution is -2.46. The first-order chi connectivity index (χ1) is 9.88. The summed E-state index contributed by atoms with van der Waals surface area (Å²) in [7, 11) is 1.69. The summed E-state index contributed by atoms with van der Waals surface area (Å²) < 4.78 is 0. The second-order valence-electron chi connectivity index (χ2n) is 4.82. The molecule has 21 heavy (non-hydrogen) atoms. The van der Waals surface area contributed by atoms with E-state index in [0.29, 0.717) is 18.0 Å². The van der Waals surface area contributed by atoms with E-state index in [0.717, 1.165) is 11.3 Å². The van der Waals surface area contributed by atoms with Gasteiger partial charge in [0, 0.05) is 19.0 Å². The van der Waals surface area contributed by atoms with Crippen LogP contribution < -0.4 is 10.6 Å². The van der Waals surface area contributed by atoms with Gasteiger partial charge in [0.25, 0.3) is 0 Å². The van der Waals surface area contributed by atoms with Crippen molar-refractivity contribution in [3.05, 3.63) is 16.1 Å². The number of nitrogens with zero attached hydrogens (tertiary/aromatic N) is 2. The van der Waals surface area contributed by atoms with Gasteiger partial charge in [-0.15, -0.1) is 11.3 Å². The SMILES string of the molecule is CC(NC(=O)NC1CCN(C)C1=O)c1nc(C(=O)O)cs1. The lowest BCUT2D eigenvalue weighted by molar-refractivity contribution is -0.128. The number of carboxylic acid groups (broad SMARTS) is 1. The highest BCUT2D eigenvalue weighted by Crippen LogP contribution is 2.18. The van der Waals surface area contributed by atoms with Crippen LogP contribution in [0, 0.1) is 0 Å². The van der Waals surface area contributed by atoms with Crippen LogP contribution in [0.25, 0.3) is 0 Å². The molecule has 1 saturated heterocycles. The molecule has 3 amide bonds. The van der Waals surface area contributed by atoms with Crippen molar-refractivity contribution in [3.63, 3.8) is 0 Å². The van der Waals surface area contributed by atoms with Crippen molar-refractivity contribution >= 4 is 29.2 Å². The van der Waals surface area contributed by atoms with Gasteiger partial charge in [-0.2, -0.15) is 0 Å². The number of hydrogen-bond acceptors (Lipinski definition) is 5. The summed E-state index contributed by atoms with van der Waals surface area (Å²) in [4.78, 5) is 39.8. The predicted octanol–water partition coefficient (Wildman–Crippen LogP) is 0.432. The largest absolute Gasteiger partial charge is 0.476 e. The first-order valence-corrected chi connectivity index (χ1v) is 7.27. The Hall–Kier alpha value is -2.16. The molecule has 1 aromatic heterocycles. The van der Waals surface area contributed by atoms with Crippen molar-refractivity contribution < 1.29 is 19.5 Å². The van der Waals surface area contributed by atoms with E-state index in [-0.39, 0.29) is 11.6 Å². The van der Waals surface area contributed by atoms with Crippen molar-refractivity contribution in [3.8, 4) is 0 Å². The molecule has 0 bridgehead atoms. The van der Waals surface area contributed by atoms with Gasteiger partial charge in [0.05, 0.1) is 6.04 Å². The summed E-state index contributed by atoms with van der Waals surface area (Å²) in [6.07, 6.45) is 0.581. The normalized spacial score (nSPS) is 19.4. The van der Waals surface area contributed by atoms with Gasteiger partial charge in [0.15, 0.2) is 5.69 Å². The van der Waals surface area contributed by atoms with Crippen molar-refractivity contribution in [1.82, 2.24) is 20.5 Å². The number of rotatable bonds is 4. The predicted molar refractivity (Wildman–Crippen MR) is 75.2 cm³/mol. The van der Waals surface area contributed by atoms with Gasteiger partial charge in [-0.1, -0.05) is 0 Å². The van der Waals surface area contributed by atoms with Crippen LogP contribution in [0.2, 0.25) is 0 Å². The highest BCUT2D eigenvalue weighted by atomic mass is 32.1. The molecule has 1 aromatic rings. The Morgan fingerprint density at radius 3 is 2.81 bits per heavy atom. The molecule has 2 unspecified atom stereocenters.